The topological polar surface area (TPSA) is 24.5 Å². The fourth-order valence-corrected chi connectivity index (χ4v) is 3.52. The van der Waals surface area contributed by atoms with Gasteiger partial charge in [0.05, 0.1) is 6.10 Å². The molecule has 3 fully saturated rings. The van der Waals surface area contributed by atoms with Crippen LogP contribution >= 0.6 is 0 Å². The Labute approximate surface area is 105 Å². The molecule has 1 aliphatic heterocycles. The third-order valence-corrected chi connectivity index (χ3v) is 4.71. The maximum absolute atomic E-state index is 5.49. The van der Waals surface area contributed by atoms with Gasteiger partial charge < -0.3 is 10.1 Å². The maximum Gasteiger partial charge on any atom is 0.0586 e. The molecule has 2 saturated carbocycles. The summed E-state index contributed by atoms with van der Waals surface area (Å²) in [6.07, 6.45) is 9.96. The summed E-state index contributed by atoms with van der Waals surface area (Å²) in [5, 5.41) is 3.80. The fourth-order valence-electron chi connectivity index (χ4n) is 3.52. The highest BCUT2D eigenvalue weighted by molar-refractivity contribution is 4.91. The molecule has 0 spiro atoms. The molecule has 3 aliphatic rings. The molecular weight excluding hydrogens is 212 g/mol. The summed E-state index contributed by atoms with van der Waals surface area (Å²) in [6, 6.07) is 2.41. The molecule has 17 heavy (non-hydrogen) atoms. The van der Waals surface area contributed by atoms with Crippen molar-refractivity contribution in [3.8, 4) is 0 Å². The number of methoxy groups -OCH3 is 1. The number of nitrogens with zero attached hydrogens (tertiary/aromatic N) is 1. The normalized spacial score (nSPS) is 39.7. The zero-order valence-electron chi connectivity index (χ0n) is 11.0. The molecule has 3 rings (SSSR count). The summed E-state index contributed by atoms with van der Waals surface area (Å²) in [4.78, 5) is 2.72. The van der Waals surface area contributed by atoms with Crippen LogP contribution in [0.2, 0.25) is 0 Å². The number of piperidine rings is 1. The van der Waals surface area contributed by atoms with E-state index < -0.39 is 0 Å². The van der Waals surface area contributed by atoms with Gasteiger partial charge in [0, 0.05) is 31.8 Å². The molecule has 0 aromatic carbocycles. The van der Waals surface area contributed by atoms with Crippen LogP contribution < -0.4 is 5.32 Å². The molecule has 0 bridgehead atoms. The first kappa shape index (κ1) is 11.9. The molecule has 0 aromatic rings. The minimum atomic E-state index is 0.525. The first-order valence-electron chi connectivity index (χ1n) is 7.38. The van der Waals surface area contributed by atoms with Crippen molar-refractivity contribution >= 4 is 0 Å². The molecule has 0 aromatic heterocycles. The molecule has 0 amide bonds. The van der Waals surface area contributed by atoms with Crippen LogP contribution in [0.3, 0.4) is 0 Å². The summed E-state index contributed by atoms with van der Waals surface area (Å²) in [6.45, 7) is 2.58. The Bertz CT molecular complexity index is 255. The molecule has 3 heteroatoms. The van der Waals surface area contributed by atoms with Gasteiger partial charge in [-0.2, -0.15) is 0 Å². The van der Waals surface area contributed by atoms with Gasteiger partial charge in [-0.1, -0.05) is 0 Å². The van der Waals surface area contributed by atoms with E-state index in [1.807, 2.05) is 7.11 Å². The van der Waals surface area contributed by atoms with Gasteiger partial charge in [0.15, 0.2) is 0 Å². The lowest BCUT2D eigenvalue weighted by Crippen LogP contribution is -2.49. The Morgan fingerprint density at radius 1 is 1.06 bits per heavy atom. The van der Waals surface area contributed by atoms with Gasteiger partial charge in [0.25, 0.3) is 0 Å². The predicted octanol–water partition coefficient (Wildman–Crippen LogP) is 1.77. The minimum Gasteiger partial charge on any atom is -0.381 e. The molecule has 1 saturated heterocycles. The summed E-state index contributed by atoms with van der Waals surface area (Å²) < 4.78 is 5.49. The molecule has 3 nitrogen and oxygen atoms in total. The van der Waals surface area contributed by atoms with E-state index in [2.05, 4.69) is 10.2 Å². The minimum absolute atomic E-state index is 0.525. The summed E-state index contributed by atoms with van der Waals surface area (Å²) in [7, 11) is 1.86. The predicted molar refractivity (Wildman–Crippen MR) is 69.2 cm³/mol. The van der Waals surface area contributed by atoms with Gasteiger partial charge in [-0.3, -0.25) is 4.90 Å². The van der Waals surface area contributed by atoms with Crippen LogP contribution in [0.5, 0.6) is 0 Å². The monoisotopic (exact) mass is 238 g/mol. The summed E-state index contributed by atoms with van der Waals surface area (Å²) in [5.41, 5.74) is 0. The summed E-state index contributed by atoms with van der Waals surface area (Å²) >= 11 is 0. The van der Waals surface area contributed by atoms with Crippen molar-refractivity contribution < 1.29 is 4.74 Å². The van der Waals surface area contributed by atoms with Gasteiger partial charge in [-0.05, 0) is 51.5 Å². The number of hydrogen-bond acceptors (Lipinski definition) is 3. The van der Waals surface area contributed by atoms with Gasteiger partial charge in [-0.25, -0.2) is 0 Å². The van der Waals surface area contributed by atoms with Gasteiger partial charge in [0.2, 0.25) is 0 Å². The van der Waals surface area contributed by atoms with E-state index in [9.17, 15) is 0 Å². The van der Waals surface area contributed by atoms with E-state index in [4.69, 9.17) is 4.74 Å². The van der Waals surface area contributed by atoms with Crippen molar-refractivity contribution in [2.45, 2.75) is 69.2 Å². The van der Waals surface area contributed by atoms with E-state index >= 15 is 0 Å². The first-order valence-corrected chi connectivity index (χ1v) is 7.38. The quantitative estimate of drug-likeness (QED) is 0.808. The van der Waals surface area contributed by atoms with E-state index in [0.29, 0.717) is 6.10 Å². The fraction of sp³-hybridized carbons (Fsp3) is 1.00. The SMILES string of the molecule is COC1CCC(N2CCCC(NC3CC3)C2)C1. The van der Waals surface area contributed by atoms with Crippen molar-refractivity contribution in [2.75, 3.05) is 20.2 Å². The lowest BCUT2D eigenvalue weighted by atomic mass is 10.0. The second kappa shape index (κ2) is 5.25. The van der Waals surface area contributed by atoms with Gasteiger partial charge >= 0.3 is 0 Å². The van der Waals surface area contributed by atoms with Crippen LogP contribution in [0.15, 0.2) is 0 Å². The highest BCUT2D eigenvalue weighted by Crippen LogP contribution is 2.29. The zero-order valence-corrected chi connectivity index (χ0v) is 11.0. The van der Waals surface area contributed by atoms with E-state index in [1.54, 1.807) is 0 Å². The Kier molecular flexibility index (Phi) is 3.69. The van der Waals surface area contributed by atoms with E-state index in [0.717, 1.165) is 18.1 Å². The van der Waals surface area contributed by atoms with Crippen molar-refractivity contribution in [1.29, 1.82) is 0 Å². The second-order valence-electron chi connectivity index (χ2n) is 6.10. The Morgan fingerprint density at radius 2 is 1.94 bits per heavy atom. The van der Waals surface area contributed by atoms with Crippen LogP contribution in [0.25, 0.3) is 0 Å². The summed E-state index contributed by atoms with van der Waals surface area (Å²) in [5.74, 6) is 0. The first-order chi connectivity index (χ1) is 8.35. The maximum atomic E-state index is 5.49. The van der Waals surface area contributed by atoms with Crippen LogP contribution in [-0.4, -0.2) is 49.3 Å². The largest absolute Gasteiger partial charge is 0.381 e. The molecule has 3 atom stereocenters. The molecule has 98 valence electrons. The highest BCUT2D eigenvalue weighted by Gasteiger charge is 2.33. The Balaban J connectivity index is 1.49. The van der Waals surface area contributed by atoms with Crippen molar-refractivity contribution in [3.05, 3.63) is 0 Å². The molecule has 2 aliphatic carbocycles. The zero-order chi connectivity index (χ0) is 11.7. The second-order valence-corrected chi connectivity index (χ2v) is 6.10. The van der Waals surface area contributed by atoms with Crippen molar-refractivity contribution in [1.82, 2.24) is 10.2 Å². The average molecular weight is 238 g/mol. The van der Waals surface area contributed by atoms with Gasteiger partial charge in [0.1, 0.15) is 0 Å². The van der Waals surface area contributed by atoms with Crippen LogP contribution in [0, 0.1) is 0 Å². The molecular formula is C14H26N2O. The van der Waals surface area contributed by atoms with Gasteiger partial charge in [-0.15, -0.1) is 0 Å². The Morgan fingerprint density at radius 3 is 2.65 bits per heavy atom. The van der Waals surface area contributed by atoms with Crippen LogP contribution in [0.1, 0.15) is 44.9 Å². The lowest BCUT2D eigenvalue weighted by Gasteiger charge is -2.37. The molecule has 1 N–H and O–H groups in total. The standard InChI is InChI=1S/C14H26N2O/c1-17-14-7-6-13(9-14)16-8-2-3-12(10-16)15-11-4-5-11/h11-15H,2-10H2,1H3. The van der Waals surface area contributed by atoms with Crippen LogP contribution in [0.4, 0.5) is 0 Å². The third kappa shape index (κ3) is 3.01. The number of hydrogen-bond donors (Lipinski definition) is 1. The van der Waals surface area contributed by atoms with Crippen molar-refractivity contribution in [3.63, 3.8) is 0 Å². The third-order valence-electron chi connectivity index (χ3n) is 4.71. The molecule has 0 radical (unpaired) electrons. The van der Waals surface area contributed by atoms with E-state index in [1.165, 1.54) is 58.0 Å². The van der Waals surface area contributed by atoms with Crippen molar-refractivity contribution in [2.24, 2.45) is 0 Å². The number of nitrogens with one attached hydrogen (secondary N) is 1. The highest BCUT2D eigenvalue weighted by atomic mass is 16.5. The number of likely N-dealkylation sites (tertiary alicyclic amines) is 1. The smallest absolute Gasteiger partial charge is 0.0586 e. The number of ether oxygens (including phenoxy) is 1. The lowest BCUT2D eigenvalue weighted by molar-refractivity contribution is 0.0877. The van der Waals surface area contributed by atoms with E-state index in [-0.39, 0.29) is 0 Å². The number of rotatable bonds is 4. The van der Waals surface area contributed by atoms with Crippen LogP contribution in [-0.2, 0) is 4.74 Å². The Hall–Kier alpha value is -0.120. The molecule has 1 heterocycles. The molecule has 3 unspecified atom stereocenters. The average Bonchev–Trinajstić information content (AvgIpc) is 3.04.